The van der Waals surface area contributed by atoms with E-state index in [1.165, 1.54) is 30.0 Å². The lowest BCUT2D eigenvalue weighted by molar-refractivity contribution is -0.176. The molecular formula is C23H24N2O8. The number of rotatable bonds is 3. The van der Waals surface area contributed by atoms with Gasteiger partial charge in [0.1, 0.15) is 23.2 Å². The summed E-state index contributed by atoms with van der Waals surface area (Å²) in [4.78, 5) is 52.1. The van der Waals surface area contributed by atoms with Crippen molar-refractivity contribution < 1.29 is 39.6 Å². The number of phenolic OH excluding ortho intramolecular Hbond substituents is 1. The van der Waals surface area contributed by atoms with Crippen molar-refractivity contribution in [1.82, 2.24) is 4.90 Å². The fraction of sp³-hybridized carbons (Fsp3) is 0.391. The van der Waals surface area contributed by atoms with Gasteiger partial charge in [0.15, 0.2) is 17.2 Å². The Morgan fingerprint density at radius 2 is 1.82 bits per heavy atom. The number of aliphatic hydroxyl groups excluding tert-OH is 2. The number of hydrogen-bond donors (Lipinski definition) is 5. The van der Waals surface area contributed by atoms with E-state index in [1.807, 2.05) is 0 Å². The highest BCUT2D eigenvalue weighted by molar-refractivity contribution is 6.24. The molecule has 33 heavy (non-hydrogen) atoms. The van der Waals surface area contributed by atoms with Gasteiger partial charge in [-0.1, -0.05) is 11.6 Å². The average Bonchev–Trinajstić information content (AvgIpc) is 2.70. The third-order valence-electron chi connectivity index (χ3n) is 6.96. The smallest absolute Gasteiger partial charge is 0.255 e. The van der Waals surface area contributed by atoms with E-state index in [4.69, 9.17) is 5.73 Å². The first-order valence-electron chi connectivity index (χ1n) is 10.3. The van der Waals surface area contributed by atoms with Gasteiger partial charge in [-0.3, -0.25) is 24.1 Å². The highest BCUT2D eigenvalue weighted by atomic mass is 16.4. The number of carbonyl (C=O) groups is 4. The fourth-order valence-electron chi connectivity index (χ4n) is 5.49. The van der Waals surface area contributed by atoms with Crippen molar-refractivity contribution in [2.24, 2.45) is 17.6 Å². The van der Waals surface area contributed by atoms with E-state index in [2.05, 4.69) is 0 Å². The molecular weight excluding hydrogens is 432 g/mol. The average molecular weight is 456 g/mol. The van der Waals surface area contributed by atoms with Gasteiger partial charge in [0.05, 0.1) is 17.5 Å². The van der Waals surface area contributed by atoms with Crippen LogP contribution in [0.3, 0.4) is 0 Å². The zero-order chi connectivity index (χ0) is 24.6. The number of carbonyl (C=O) groups excluding carboxylic acids is 4. The number of Topliss-reactive ketones (excluding diaryl/α,β-unsaturated/α-hetero) is 3. The van der Waals surface area contributed by atoms with Gasteiger partial charge in [0, 0.05) is 11.5 Å². The molecule has 4 rings (SSSR count). The molecule has 6 N–H and O–H groups in total. The van der Waals surface area contributed by atoms with Gasteiger partial charge in [0.2, 0.25) is 5.78 Å². The molecule has 10 nitrogen and oxygen atoms in total. The van der Waals surface area contributed by atoms with Crippen molar-refractivity contribution >= 4 is 29.3 Å². The van der Waals surface area contributed by atoms with Crippen molar-refractivity contribution in [3.05, 3.63) is 45.7 Å². The quantitative estimate of drug-likeness (QED) is 0.302. The third-order valence-corrected chi connectivity index (χ3v) is 6.96. The Morgan fingerprint density at radius 3 is 2.36 bits per heavy atom. The molecule has 10 heteroatoms. The van der Waals surface area contributed by atoms with Gasteiger partial charge in [0.25, 0.3) is 5.91 Å². The topological polar surface area (TPSA) is 178 Å². The van der Waals surface area contributed by atoms with E-state index in [0.29, 0.717) is 5.57 Å². The Balaban J connectivity index is 1.97. The van der Waals surface area contributed by atoms with E-state index in [0.717, 1.165) is 0 Å². The summed E-state index contributed by atoms with van der Waals surface area (Å²) in [5.41, 5.74) is 2.38. The second-order valence-corrected chi connectivity index (χ2v) is 8.98. The molecule has 0 spiro atoms. The van der Waals surface area contributed by atoms with Crippen LogP contribution in [-0.2, 0) is 9.59 Å². The van der Waals surface area contributed by atoms with Crippen molar-refractivity contribution in [3.8, 4) is 5.75 Å². The number of nitrogens with two attached hydrogens (primary N) is 1. The Bertz CT molecular complexity index is 1200. The summed E-state index contributed by atoms with van der Waals surface area (Å²) in [5, 5.41) is 43.8. The van der Waals surface area contributed by atoms with Gasteiger partial charge >= 0.3 is 0 Å². The van der Waals surface area contributed by atoms with Crippen molar-refractivity contribution in [1.29, 1.82) is 0 Å². The largest absolute Gasteiger partial charge is 0.510 e. The number of ketones is 3. The zero-order valence-electron chi connectivity index (χ0n) is 18.2. The molecule has 1 aromatic rings. The van der Waals surface area contributed by atoms with Gasteiger partial charge < -0.3 is 26.2 Å². The number of hydrogen-bond acceptors (Lipinski definition) is 9. The molecule has 0 heterocycles. The minimum atomic E-state index is -2.60. The number of nitrogens with zero attached hydrogens (tertiary/aromatic N) is 1. The molecule has 0 bridgehead atoms. The Hall–Kier alpha value is -3.34. The van der Waals surface area contributed by atoms with Crippen LogP contribution in [-0.4, -0.2) is 80.4 Å². The van der Waals surface area contributed by atoms with Crippen LogP contribution in [0, 0.1) is 11.8 Å². The standard InChI is InChI=1S/C23H24N2O8/c1-8(26)10-4-5-13(27)15-11(10)6-9-7-12-17(25(2)3)19(29)16(22(24)32)21(31)23(12,33)20(30)14(9)18(15)28/h4-6,12,14,17,20,27,29-30,33H,7H2,1-3H3,(H2,24,32)/t12-,14?,17-,20?,23-/m0/s1. The van der Waals surface area contributed by atoms with Gasteiger partial charge in [-0.25, -0.2) is 0 Å². The van der Waals surface area contributed by atoms with Crippen LogP contribution in [0.5, 0.6) is 5.75 Å². The Morgan fingerprint density at radius 1 is 1.18 bits per heavy atom. The Kier molecular flexibility index (Phi) is 5.08. The second kappa shape index (κ2) is 7.34. The first kappa shape index (κ1) is 22.8. The summed E-state index contributed by atoms with van der Waals surface area (Å²) in [5.74, 6) is -7.21. The zero-order valence-corrected chi connectivity index (χ0v) is 18.2. The number of primary amides is 1. The Labute approximate surface area is 188 Å². The van der Waals surface area contributed by atoms with Crippen molar-refractivity contribution in [3.63, 3.8) is 0 Å². The van der Waals surface area contributed by atoms with E-state index in [1.54, 1.807) is 14.1 Å². The number of fused-ring (bicyclic) bond motifs is 3. The molecule has 5 atom stereocenters. The monoisotopic (exact) mass is 456 g/mol. The predicted molar refractivity (Wildman–Crippen MR) is 114 cm³/mol. The molecule has 3 aliphatic rings. The third kappa shape index (κ3) is 2.91. The maximum atomic E-state index is 13.4. The molecule has 0 aliphatic heterocycles. The van der Waals surface area contributed by atoms with E-state index < -0.39 is 64.1 Å². The number of benzene rings is 1. The fourth-order valence-corrected chi connectivity index (χ4v) is 5.49. The first-order valence-corrected chi connectivity index (χ1v) is 10.3. The van der Waals surface area contributed by atoms with Crippen LogP contribution in [0.15, 0.2) is 29.0 Å². The molecule has 1 fully saturated rings. The molecule has 1 saturated carbocycles. The summed E-state index contributed by atoms with van der Waals surface area (Å²) in [6.07, 6.45) is -0.607. The molecule has 2 unspecified atom stereocenters. The molecule has 0 aromatic heterocycles. The van der Waals surface area contributed by atoms with E-state index in [-0.39, 0.29) is 28.9 Å². The summed E-state index contributed by atoms with van der Waals surface area (Å²) in [6, 6.07) is 1.51. The molecule has 0 radical (unpaired) electrons. The highest BCUT2D eigenvalue weighted by Crippen LogP contribution is 2.52. The van der Waals surface area contributed by atoms with Gasteiger partial charge in [-0.15, -0.1) is 0 Å². The number of aromatic hydroxyl groups is 1. The molecule has 1 aromatic carbocycles. The summed E-state index contributed by atoms with van der Waals surface area (Å²) in [7, 11) is 3.10. The number of amides is 1. The minimum Gasteiger partial charge on any atom is -0.510 e. The number of phenols is 1. The van der Waals surface area contributed by atoms with Gasteiger partial charge in [-0.05, 0) is 45.1 Å². The number of likely N-dealkylation sites (N-methyl/N-ethyl adjacent to an activating group) is 1. The summed E-state index contributed by atoms with van der Waals surface area (Å²) < 4.78 is 0. The number of aliphatic hydroxyl groups is 3. The van der Waals surface area contributed by atoms with Crippen LogP contribution < -0.4 is 5.73 Å². The summed E-state index contributed by atoms with van der Waals surface area (Å²) in [6.45, 7) is 1.31. The van der Waals surface area contributed by atoms with Crippen LogP contribution in [0.2, 0.25) is 0 Å². The SMILES string of the molecule is CC(=O)c1ccc(O)c2c1C=C1C[C@H]3[C@H](N(C)C)C(O)=C(C(N)=O)C(=O)[C@@]3(O)C(O)C1C2=O. The van der Waals surface area contributed by atoms with Crippen LogP contribution in [0.25, 0.3) is 6.08 Å². The van der Waals surface area contributed by atoms with Crippen LogP contribution in [0.4, 0.5) is 0 Å². The highest BCUT2D eigenvalue weighted by Gasteiger charge is 2.65. The van der Waals surface area contributed by atoms with Crippen molar-refractivity contribution in [2.45, 2.75) is 31.1 Å². The van der Waals surface area contributed by atoms with E-state index >= 15 is 0 Å². The molecule has 174 valence electrons. The normalized spacial score (nSPS) is 31.0. The van der Waals surface area contributed by atoms with E-state index in [9.17, 15) is 39.6 Å². The van der Waals surface area contributed by atoms with Crippen LogP contribution in [0.1, 0.15) is 39.6 Å². The molecule has 1 amide bonds. The first-order chi connectivity index (χ1) is 15.3. The van der Waals surface area contributed by atoms with Crippen LogP contribution >= 0.6 is 0 Å². The summed E-state index contributed by atoms with van der Waals surface area (Å²) >= 11 is 0. The van der Waals surface area contributed by atoms with Crippen molar-refractivity contribution in [2.75, 3.05) is 14.1 Å². The maximum absolute atomic E-state index is 13.4. The van der Waals surface area contributed by atoms with Gasteiger partial charge in [-0.2, -0.15) is 0 Å². The molecule has 3 aliphatic carbocycles. The lowest BCUT2D eigenvalue weighted by Gasteiger charge is -2.53. The maximum Gasteiger partial charge on any atom is 0.255 e. The minimum absolute atomic E-state index is 0.110. The lowest BCUT2D eigenvalue weighted by atomic mass is 9.56. The molecule has 0 saturated heterocycles. The lowest BCUT2D eigenvalue weighted by Crippen LogP contribution is -2.69. The second-order valence-electron chi connectivity index (χ2n) is 8.98. The predicted octanol–water partition coefficient (Wildman–Crippen LogP) is -0.287.